The average molecular weight is 453 g/mol. The van der Waals surface area contributed by atoms with Crippen LogP contribution in [0.2, 0.25) is 0 Å². The van der Waals surface area contributed by atoms with Crippen LogP contribution in [0.4, 0.5) is 0 Å². The van der Waals surface area contributed by atoms with E-state index < -0.39 is 0 Å². The van der Waals surface area contributed by atoms with Gasteiger partial charge in [-0.2, -0.15) is 5.26 Å². The number of fused-ring (bicyclic) bond motifs is 1. The molecule has 4 rings (SSSR count). The quantitative estimate of drug-likeness (QED) is 0.528. The van der Waals surface area contributed by atoms with Gasteiger partial charge in [-0.25, -0.2) is 10.9 Å². The highest BCUT2D eigenvalue weighted by molar-refractivity contribution is 5.48. The maximum Gasteiger partial charge on any atom is 0.200 e. The predicted octanol–water partition coefficient (Wildman–Crippen LogP) is 3.08. The van der Waals surface area contributed by atoms with E-state index in [4.69, 9.17) is 25.1 Å². The van der Waals surface area contributed by atoms with Gasteiger partial charge in [0.25, 0.3) is 0 Å². The summed E-state index contributed by atoms with van der Waals surface area (Å²) in [5, 5.41) is 17.5. The van der Waals surface area contributed by atoms with Crippen LogP contribution in [0.25, 0.3) is 0 Å². The van der Waals surface area contributed by atoms with E-state index in [-0.39, 0.29) is 36.6 Å². The highest BCUT2D eigenvalue weighted by Gasteiger charge is 2.49. The SMILES string of the molecule is CCCOc1ccccc1C1C(C#N)=C(N)OC2NNC(c3ccc(OC)cc3)C21.CCO. The van der Waals surface area contributed by atoms with Crippen molar-refractivity contribution < 1.29 is 19.3 Å². The number of hydrazine groups is 1. The maximum atomic E-state index is 9.94. The molecule has 176 valence electrons. The molecule has 0 saturated carbocycles. The van der Waals surface area contributed by atoms with Crippen LogP contribution < -0.4 is 26.1 Å². The number of aliphatic hydroxyl groups is 1. The molecule has 0 bridgehead atoms. The fraction of sp³-hybridized carbons (Fsp3) is 0.400. The van der Waals surface area contributed by atoms with E-state index in [0.717, 1.165) is 29.0 Å². The average Bonchev–Trinajstić information content (AvgIpc) is 3.26. The Bertz CT molecular complexity index is 987. The molecular weight excluding hydrogens is 420 g/mol. The van der Waals surface area contributed by atoms with E-state index in [2.05, 4.69) is 23.8 Å². The van der Waals surface area contributed by atoms with E-state index in [0.29, 0.717) is 12.2 Å². The minimum absolute atomic E-state index is 0.0958. The predicted molar refractivity (Wildman–Crippen MR) is 125 cm³/mol. The standard InChI is InChI=1S/C23H26N4O3.C2H6O/c1-3-12-29-18-7-5-4-6-16(18)19-17(13-24)22(25)30-23-20(19)21(26-27-23)14-8-10-15(28-2)11-9-14;1-2-3/h4-11,19-21,23,26-27H,3,12,25H2,1-2H3;3H,2H2,1H3. The summed E-state index contributed by atoms with van der Waals surface area (Å²) >= 11 is 0. The van der Waals surface area contributed by atoms with Gasteiger partial charge in [0.1, 0.15) is 17.6 Å². The van der Waals surface area contributed by atoms with E-state index in [1.54, 1.807) is 14.0 Å². The van der Waals surface area contributed by atoms with Crippen molar-refractivity contribution >= 4 is 0 Å². The molecule has 2 aliphatic heterocycles. The minimum Gasteiger partial charge on any atom is -0.497 e. The summed E-state index contributed by atoms with van der Waals surface area (Å²) in [6, 6.07) is 17.9. The third-order valence-corrected chi connectivity index (χ3v) is 5.64. The van der Waals surface area contributed by atoms with Crippen LogP contribution in [-0.4, -0.2) is 31.7 Å². The molecule has 1 fully saturated rings. The number of hydrogen-bond acceptors (Lipinski definition) is 8. The Morgan fingerprint density at radius 2 is 1.82 bits per heavy atom. The summed E-state index contributed by atoms with van der Waals surface area (Å²) < 4.78 is 17.2. The van der Waals surface area contributed by atoms with Crippen molar-refractivity contribution in [2.75, 3.05) is 20.3 Å². The van der Waals surface area contributed by atoms with Crippen molar-refractivity contribution in [3.8, 4) is 17.6 Å². The molecule has 1 saturated heterocycles. The minimum atomic E-state index is -0.376. The number of nitriles is 1. The second-order valence-corrected chi connectivity index (χ2v) is 7.73. The first-order valence-electron chi connectivity index (χ1n) is 11.1. The largest absolute Gasteiger partial charge is 0.497 e. The van der Waals surface area contributed by atoms with Gasteiger partial charge in [0, 0.05) is 24.0 Å². The topological polar surface area (TPSA) is 122 Å². The van der Waals surface area contributed by atoms with Crippen molar-refractivity contribution in [3.05, 3.63) is 71.1 Å². The van der Waals surface area contributed by atoms with Crippen molar-refractivity contribution in [2.24, 2.45) is 11.7 Å². The Kier molecular flexibility index (Phi) is 8.55. The number of rotatable bonds is 6. The molecule has 2 aliphatic rings. The number of para-hydroxylation sites is 1. The second-order valence-electron chi connectivity index (χ2n) is 7.73. The van der Waals surface area contributed by atoms with Gasteiger partial charge < -0.3 is 25.1 Å². The number of allylic oxidation sites excluding steroid dienone is 1. The van der Waals surface area contributed by atoms with Gasteiger partial charge in [-0.15, -0.1) is 0 Å². The lowest BCUT2D eigenvalue weighted by molar-refractivity contribution is 0.0337. The van der Waals surface area contributed by atoms with Gasteiger partial charge >= 0.3 is 0 Å². The van der Waals surface area contributed by atoms with Gasteiger partial charge in [0.2, 0.25) is 5.88 Å². The Morgan fingerprint density at radius 1 is 1.12 bits per heavy atom. The Labute approximate surface area is 194 Å². The Morgan fingerprint density at radius 3 is 2.45 bits per heavy atom. The zero-order valence-corrected chi connectivity index (χ0v) is 19.2. The molecule has 4 atom stereocenters. The van der Waals surface area contributed by atoms with Crippen LogP contribution in [0.15, 0.2) is 60.0 Å². The van der Waals surface area contributed by atoms with Gasteiger partial charge in [-0.3, -0.25) is 0 Å². The fourth-order valence-electron chi connectivity index (χ4n) is 4.25. The molecule has 8 heteroatoms. The molecule has 0 aromatic heterocycles. The molecule has 2 aromatic rings. The molecule has 0 aliphatic carbocycles. The summed E-state index contributed by atoms with van der Waals surface area (Å²) in [5.41, 5.74) is 15.1. The first kappa shape index (κ1) is 24.4. The maximum absolute atomic E-state index is 9.94. The van der Waals surface area contributed by atoms with Crippen molar-refractivity contribution in [2.45, 2.75) is 38.5 Å². The van der Waals surface area contributed by atoms with Crippen molar-refractivity contribution in [3.63, 3.8) is 0 Å². The number of ether oxygens (including phenoxy) is 3. The highest BCUT2D eigenvalue weighted by Crippen LogP contribution is 2.49. The molecule has 8 nitrogen and oxygen atoms in total. The van der Waals surface area contributed by atoms with Crippen molar-refractivity contribution in [1.82, 2.24) is 10.9 Å². The number of hydrogen-bond donors (Lipinski definition) is 4. The van der Waals surface area contributed by atoms with E-state index in [9.17, 15) is 5.26 Å². The molecule has 0 amide bonds. The normalized spacial score (nSPS) is 23.5. The van der Waals surface area contributed by atoms with Crippen molar-refractivity contribution in [1.29, 1.82) is 5.26 Å². The van der Waals surface area contributed by atoms with Gasteiger partial charge in [0.05, 0.1) is 25.3 Å². The second kappa shape index (κ2) is 11.6. The lowest BCUT2D eigenvalue weighted by Crippen LogP contribution is -2.41. The van der Waals surface area contributed by atoms with E-state index in [1.165, 1.54) is 0 Å². The summed E-state index contributed by atoms with van der Waals surface area (Å²) in [7, 11) is 1.64. The number of nitrogens with zero attached hydrogens (tertiary/aromatic N) is 1. The van der Waals surface area contributed by atoms with Crippen LogP contribution in [0.1, 0.15) is 43.4 Å². The van der Waals surface area contributed by atoms with E-state index in [1.807, 2.05) is 48.5 Å². The van der Waals surface area contributed by atoms with Crippen LogP contribution in [0.3, 0.4) is 0 Å². The van der Waals surface area contributed by atoms with Crippen LogP contribution in [0.5, 0.6) is 11.5 Å². The number of benzene rings is 2. The molecule has 0 spiro atoms. The fourth-order valence-corrected chi connectivity index (χ4v) is 4.25. The molecular formula is C25H32N4O4. The Balaban J connectivity index is 0.000000968. The third kappa shape index (κ3) is 5.22. The zero-order chi connectivity index (χ0) is 23.8. The number of nitrogens with two attached hydrogens (primary N) is 1. The molecule has 0 radical (unpaired) electrons. The summed E-state index contributed by atoms with van der Waals surface area (Å²) in [5.74, 6) is 1.32. The number of methoxy groups -OCH3 is 1. The molecule has 2 heterocycles. The summed E-state index contributed by atoms with van der Waals surface area (Å²) in [4.78, 5) is 0. The molecule has 5 N–H and O–H groups in total. The van der Waals surface area contributed by atoms with Crippen LogP contribution in [-0.2, 0) is 4.74 Å². The van der Waals surface area contributed by atoms with Crippen LogP contribution in [0, 0.1) is 17.2 Å². The highest BCUT2D eigenvalue weighted by atomic mass is 16.5. The number of nitrogens with one attached hydrogen (secondary N) is 2. The van der Waals surface area contributed by atoms with Crippen LogP contribution >= 0.6 is 0 Å². The van der Waals surface area contributed by atoms with E-state index >= 15 is 0 Å². The Hall–Kier alpha value is -3.25. The smallest absolute Gasteiger partial charge is 0.200 e. The zero-order valence-electron chi connectivity index (χ0n) is 19.2. The number of aliphatic hydroxyl groups excluding tert-OH is 1. The lowest BCUT2D eigenvalue weighted by atomic mass is 9.74. The third-order valence-electron chi connectivity index (χ3n) is 5.64. The monoisotopic (exact) mass is 452 g/mol. The van der Waals surface area contributed by atoms with Gasteiger partial charge in [-0.05, 0) is 37.1 Å². The van der Waals surface area contributed by atoms with Gasteiger partial charge in [0.15, 0.2) is 6.23 Å². The van der Waals surface area contributed by atoms with Gasteiger partial charge in [-0.1, -0.05) is 37.3 Å². The lowest BCUT2D eigenvalue weighted by Gasteiger charge is -2.36. The summed E-state index contributed by atoms with van der Waals surface area (Å²) in [6.45, 7) is 4.60. The molecule has 4 unspecified atom stereocenters. The first-order chi connectivity index (χ1) is 16.1. The first-order valence-corrected chi connectivity index (χ1v) is 11.1. The summed E-state index contributed by atoms with van der Waals surface area (Å²) in [6.07, 6.45) is 0.521. The molecule has 2 aromatic carbocycles. The molecule has 33 heavy (non-hydrogen) atoms.